The van der Waals surface area contributed by atoms with Gasteiger partial charge in [0.15, 0.2) is 5.78 Å². The molecule has 0 bridgehead atoms. The van der Waals surface area contributed by atoms with Crippen LogP contribution in [-0.2, 0) is 11.2 Å². The fourth-order valence-corrected chi connectivity index (χ4v) is 4.95. The van der Waals surface area contributed by atoms with E-state index in [4.69, 9.17) is 4.42 Å². The molecule has 7 nitrogen and oxygen atoms in total. The first-order valence-corrected chi connectivity index (χ1v) is 9.20. The maximum absolute atomic E-state index is 13.2. The maximum atomic E-state index is 13.2. The van der Waals surface area contributed by atoms with Gasteiger partial charge < -0.3 is 19.3 Å². The smallest absolute Gasteiger partial charge is 0.313 e. The number of hydrogen-bond acceptors (Lipinski definition) is 5. The summed E-state index contributed by atoms with van der Waals surface area (Å²) in [6, 6.07) is 0. The van der Waals surface area contributed by atoms with Crippen LogP contribution in [0, 0.1) is 18.3 Å². The van der Waals surface area contributed by atoms with E-state index in [9.17, 15) is 19.5 Å². The first-order chi connectivity index (χ1) is 12.3. The molecule has 1 amide bonds. The van der Waals surface area contributed by atoms with Gasteiger partial charge in [0.05, 0.1) is 11.1 Å². The normalized spacial score (nSPS) is 28.8. The topological polar surface area (TPSA) is 91.1 Å². The Balaban J connectivity index is 1.68. The molecular formula is C19H24N2O5. The molecular weight excluding hydrogens is 336 g/mol. The highest BCUT2D eigenvalue weighted by molar-refractivity contribution is 6.10. The van der Waals surface area contributed by atoms with Crippen LogP contribution in [0.4, 0.5) is 0 Å². The SMILES string of the molecule is Cc1oc2c(c1C(=O)N1C[C@@H]3CCN(C)C[C@]3(C(=O)O)C1)C(=O)CCC2. The number of aryl methyl sites for hydroxylation is 2. The lowest BCUT2D eigenvalue weighted by Crippen LogP contribution is -2.52. The summed E-state index contributed by atoms with van der Waals surface area (Å²) in [5.41, 5.74) is -0.156. The predicted octanol–water partition coefficient (Wildman–Crippen LogP) is 1.59. The zero-order valence-corrected chi connectivity index (χ0v) is 15.2. The number of carbonyl (C=O) groups excluding carboxylic acids is 2. The highest BCUT2D eigenvalue weighted by Gasteiger charge is 2.56. The van der Waals surface area contributed by atoms with Crippen LogP contribution >= 0.6 is 0 Å². The average molecular weight is 360 g/mol. The molecule has 2 aliphatic heterocycles. The van der Waals surface area contributed by atoms with Crippen LogP contribution in [0.3, 0.4) is 0 Å². The molecule has 0 aromatic carbocycles. The van der Waals surface area contributed by atoms with Crippen molar-refractivity contribution in [3.63, 3.8) is 0 Å². The van der Waals surface area contributed by atoms with Gasteiger partial charge in [0, 0.05) is 32.5 Å². The Morgan fingerprint density at radius 1 is 1.27 bits per heavy atom. The molecule has 0 unspecified atom stereocenters. The number of amides is 1. The monoisotopic (exact) mass is 360 g/mol. The molecule has 7 heteroatoms. The second kappa shape index (κ2) is 5.94. The molecule has 3 aliphatic rings. The number of rotatable bonds is 2. The third-order valence-electron chi connectivity index (χ3n) is 6.28. The Bertz CT molecular complexity index is 798. The van der Waals surface area contributed by atoms with Crippen molar-refractivity contribution in [2.45, 2.75) is 32.6 Å². The van der Waals surface area contributed by atoms with Gasteiger partial charge in [-0.25, -0.2) is 0 Å². The number of Topliss-reactive ketones (excluding diaryl/α,β-unsaturated/α-hetero) is 1. The molecule has 0 spiro atoms. The molecule has 2 atom stereocenters. The van der Waals surface area contributed by atoms with Gasteiger partial charge in [-0.2, -0.15) is 0 Å². The lowest BCUT2D eigenvalue weighted by molar-refractivity contribution is -0.153. The van der Waals surface area contributed by atoms with Gasteiger partial charge in [0.1, 0.15) is 16.9 Å². The fourth-order valence-electron chi connectivity index (χ4n) is 4.95. The van der Waals surface area contributed by atoms with Crippen LogP contribution in [0.2, 0.25) is 0 Å². The lowest BCUT2D eigenvalue weighted by Gasteiger charge is -2.39. The summed E-state index contributed by atoms with van der Waals surface area (Å²) < 4.78 is 5.70. The van der Waals surface area contributed by atoms with Gasteiger partial charge in [0.2, 0.25) is 0 Å². The minimum Gasteiger partial charge on any atom is -0.481 e. The number of nitrogens with zero attached hydrogens (tertiary/aromatic N) is 2. The number of hydrogen-bond donors (Lipinski definition) is 1. The lowest BCUT2D eigenvalue weighted by atomic mass is 9.73. The molecule has 0 radical (unpaired) electrons. The van der Waals surface area contributed by atoms with Crippen LogP contribution in [-0.4, -0.2) is 65.8 Å². The number of aliphatic carboxylic acids is 1. The van der Waals surface area contributed by atoms with E-state index in [0.29, 0.717) is 48.6 Å². The second-order valence-corrected chi connectivity index (χ2v) is 7.98. The van der Waals surface area contributed by atoms with Crippen molar-refractivity contribution in [3.8, 4) is 0 Å². The summed E-state index contributed by atoms with van der Waals surface area (Å²) in [4.78, 5) is 41.3. The van der Waals surface area contributed by atoms with Crippen LogP contribution in [0.25, 0.3) is 0 Å². The Morgan fingerprint density at radius 2 is 2.04 bits per heavy atom. The van der Waals surface area contributed by atoms with Crippen LogP contribution < -0.4 is 0 Å². The van der Waals surface area contributed by atoms with Crippen molar-refractivity contribution in [1.29, 1.82) is 0 Å². The van der Waals surface area contributed by atoms with Gasteiger partial charge in [-0.3, -0.25) is 14.4 Å². The Hall–Kier alpha value is -2.15. The van der Waals surface area contributed by atoms with Crippen molar-refractivity contribution < 1.29 is 23.9 Å². The van der Waals surface area contributed by atoms with Gasteiger partial charge in [-0.15, -0.1) is 0 Å². The number of ketones is 1. The Labute approximate surface area is 151 Å². The summed E-state index contributed by atoms with van der Waals surface area (Å²) in [5, 5.41) is 9.90. The minimum atomic E-state index is -0.926. The number of piperidine rings is 1. The van der Waals surface area contributed by atoms with E-state index in [1.54, 1.807) is 11.8 Å². The Kier molecular flexibility index (Phi) is 3.95. The van der Waals surface area contributed by atoms with Gasteiger partial charge >= 0.3 is 5.97 Å². The number of likely N-dealkylation sites (tertiary alicyclic amines) is 2. The van der Waals surface area contributed by atoms with E-state index < -0.39 is 11.4 Å². The van der Waals surface area contributed by atoms with E-state index in [-0.39, 0.29) is 24.2 Å². The molecule has 3 heterocycles. The summed E-state index contributed by atoms with van der Waals surface area (Å²) in [5.74, 6) is -0.139. The number of carbonyl (C=O) groups is 3. The molecule has 26 heavy (non-hydrogen) atoms. The minimum absolute atomic E-state index is 0.0456. The third kappa shape index (κ3) is 2.40. The quantitative estimate of drug-likeness (QED) is 0.861. The molecule has 1 aliphatic carbocycles. The van der Waals surface area contributed by atoms with E-state index in [2.05, 4.69) is 0 Å². The molecule has 1 aromatic rings. The molecule has 2 fully saturated rings. The molecule has 0 saturated carbocycles. The summed E-state index contributed by atoms with van der Waals surface area (Å²) in [6.45, 7) is 3.59. The van der Waals surface area contributed by atoms with E-state index in [0.717, 1.165) is 19.4 Å². The number of furan rings is 1. The number of carboxylic acid groups (broad SMARTS) is 1. The summed E-state index contributed by atoms with van der Waals surface area (Å²) in [7, 11) is 1.92. The summed E-state index contributed by atoms with van der Waals surface area (Å²) >= 11 is 0. The van der Waals surface area contributed by atoms with Crippen molar-refractivity contribution in [2.75, 3.05) is 33.2 Å². The summed E-state index contributed by atoms with van der Waals surface area (Å²) in [6.07, 6.45) is 2.60. The van der Waals surface area contributed by atoms with E-state index in [1.807, 2.05) is 11.9 Å². The van der Waals surface area contributed by atoms with Gasteiger partial charge in [0.25, 0.3) is 5.91 Å². The van der Waals surface area contributed by atoms with Crippen LogP contribution in [0.5, 0.6) is 0 Å². The standard InChI is InChI=1S/C19H24N2O5/c1-11-15(16-13(22)4-3-5-14(16)26-11)17(23)21-8-12-6-7-20(2)9-19(12,10-21)18(24)25/h12H,3-10H2,1-2H3,(H,24,25)/t12-,19-/m0/s1. The van der Waals surface area contributed by atoms with E-state index in [1.165, 1.54) is 0 Å². The molecule has 140 valence electrons. The molecule has 2 saturated heterocycles. The highest BCUT2D eigenvalue weighted by Crippen LogP contribution is 2.43. The largest absolute Gasteiger partial charge is 0.481 e. The first kappa shape index (κ1) is 17.3. The molecule has 1 N–H and O–H groups in total. The first-order valence-electron chi connectivity index (χ1n) is 9.20. The molecule has 4 rings (SSSR count). The maximum Gasteiger partial charge on any atom is 0.313 e. The van der Waals surface area contributed by atoms with E-state index >= 15 is 0 Å². The van der Waals surface area contributed by atoms with Crippen LogP contribution in [0.1, 0.15) is 51.5 Å². The second-order valence-electron chi connectivity index (χ2n) is 7.98. The number of fused-ring (bicyclic) bond motifs is 2. The average Bonchev–Trinajstić information content (AvgIpc) is 3.13. The third-order valence-corrected chi connectivity index (χ3v) is 6.28. The van der Waals surface area contributed by atoms with Gasteiger partial charge in [-0.05, 0) is 39.3 Å². The highest BCUT2D eigenvalue weighted by atomic mass is 16.4. The fraction of sp³-hybridized carbons (Fsp3) is 0.632. The van der Waals surface area contributed by atoms with Crippen molar-refractivity contribution >= 4 is 17.7 Å². The van der Waals surface area contributed by atoms with Crippen molar-refractivity contribution in [2.24, 2.45) is 11.3 Å². The molecule has 1 aromatic heterocycles. The number of carboxylic acids is 1. The van der Waals surface area contributed by atoms with Gasteiger partial charge in [-0.1, -0.05) is 0 Å². The zero-order chi connectivity index (χ0) is 18.6. The Morgan fingerprint density at radius 3 is 2.77 bits per heavy atom. The van der Waals surface area contributed by atoms with Crippen molar-refractivity contribution in [1.82, 2.24) is 9.80 Å². The van der Waals surface area contributed by atoms with Crippen LogP contribution in [0.15, 0.2) is 4.42 Å². The predicted molar refractivity (Wildman–Crippen MR) is 92.3 cm³/mol. The zero-order valence-electron chi connectivity index (χ0n) is 15.2. The van der Waals surface area contributed by atoms with Crippen molar-refractivity contribution in [3.05, 3.63) is 22.6 Å².